The molecule has 112 valence electrons. The number of benzene rings is 1. The van der Waals surface area contributed by atoms with Crippen LogP contribution < -0.4 is 10.2 Å². The number of amides is 1. The van der Waals surface area contributed by atoms with Gasteiger partial charge in [-0.05, 0) is 18.6 Å². The molecule has 1 amide bonds. The minimum atomic E-state index is -0.201. The van der Waals surface area contributed by atoms with Crippen LogP contribution in [0.4, 0.5) is 5.69 Å². The topological polar surface area (TPSA) is 44.8 Å². The molecule has 3 heterocycles. The Balaban J connectivity index is 1.87. The molecule has 1 aromatic rings. The fraction of sp³-hybridized carbons (Fsp3) is 0.562. The SMILES string of the molecule is COCCN1C(=O)c2ccc3c4c2C1(C)CN4CCNC3. The van der Waals surface area contributed by atoms with Gasteiger partial charge in [0.05, 0.1) is 12.1 Å². The number of rotatable bonds is 3. The highest BCUT2D eigenvalue weighted by atomic mass is 16.5. The highest BCUT2D eigenvalue weighted by molar-refractivity contribution is 6.03. The van der Waals surface area contributed by atoms with Crippen LogP contribution in [-0.2, 0) is 16.8 Å². The van der Waals surface area contributed by atoms with Crippen LogP contribution in [-0.4, -0.2) is 50.7 Å². The maximum absolute atomic E-state index is 12.8. The van der Waals surface area contributed by atoms with Crippen molar-refractivity contribution < 1.29 is 9.53 Å². The van der Waals surface area contributed by atoms with Gasteiger partial charge in [0.25, 0.3) is 5.91 Å². The molecule has 0 aliphatic carbocycles. The first-order valence-corrected chi connectivity index (χ1v) is 7.60. The molecule has 1 unspecified atom stereocenters. The van der Waals surface area contributed by atoms with Gasteiger partial charge in [0, 0.05) is 56.6 Å². The maximum Gasteiger partial charge on any atom is 0.255 e. The van der Waals surface area contributed by atoms with Gasteiger partial charge in [-0.15, -0.1) is 0 Å². The molecule has 3 aliphatic heterocycles. The third kappa shape index (κ3) is 1.61. The van der Waals surface area contributed by atoms with Gasteiger partial charge in [-0.1, -0.05) is 6.07 Å². The Morgan fingerprint density at radius 2 is 2.29 bits per heavy atom. The second-order valence-corrected chi connectivity index (χ2v) is 6.32. The molecular formula is C16H21N3O2. The van der Waals surface area contributed by atoms with E-state index >= 15 is 0 Å². The van der Waals surface area contributed by atoms with Crippen molar-refractivity contribution >= 4 is 11.6 Å². The third-order valence-electron chi connectivity index (χ3n) is 5.08. The van der Waals surface area contributed by atoms with Crippen molar-refractivity contribution in [2.45, 2.75) is 19.0 Å². The lowest BCUT2D eigenvalue weighted by atomic mass is 9.92. The lowest BCUT2D eigenvalue weighted by Crippen LogP contribution is -2.47. The summed E-state index contributed by atoms with van der Waals surface area (Å²) in [5, 5.41) is 3.46. The number of ether oxygens (including phenoxy) is 1. The molecule has 0 saturated heterocycles. The highest BCUT2D eigenvalue weighted by Gasteiger charge is 2.53. The number of nitrogens with zero attached hydrogens (tertiary/aromatic N) is 2. The van der Waals surface area contributed by atoms with E-state index in [1.54, 1.807) is 7.11 Å². The molecule has 5 heteroatoms. The molecule has 3 aliphatic rings. The van der Waals surface area contributed by atoms with E-state index in [1.807, 2.05) is 11.0 Å². The zero-order chi connectivity index (χ0) is 14.6. The number of hydrogen-bond acceptors (Lipinski definition) is 4. The molecule has 0 fully saturated rings. The number of hydrogen-bond donors (Lipinski definition) is 1. The highest BCUT2D eigenvalue weighted by Crippen LogP contribution is 2.51. The zero-order valence-corrected chi connectivity index (χ0v) is 12.6. The van der Waals surface area contributed by atoms with Gasteiger partial charge in [-0.25, -0.2) is 0 Å². The van der Waals surface area contributed by atoms with Crippen LogP contribution in [0.5, 0.6) is 0 Å². The zero-order valence-electron chi connectivity index (χ0n) is 12.6. The summed E-state index contributed by atoms with van der Waals surface area (Å²) in [4.78, 5) is 17.2. The standard InChI is InChI=1S/C16H21N3O2/c1-16-10-18-6-5-17-9-11-3-4-12(13(16)14(11)18)15(20)19(16)7-8-21-2/h3-4,17H,5-10H2,1-2H3. The Morgan fingerprint density at radius 1 is 1.43 bits per heavy atom. The number of anilines is 1. The van der Waals surface area contributed by atoms with Gasteiger partial charge in [0.15, 0.2) is 0 Å². The molecule has 0 spiro atoms. The molecule has 0 saturated carbocycles. The summed E-state index contributed by atoms with van der Waals surface area (Å²) in [5.74, 6) is 0.157. The van der Waals surface area contributed by atoms with E-state index in [2.05, 4.69) is 23.2 Å². The van der Waals surface area contributed by atoms with Crippen LogP contribution in [0, 0.1) is 0 Å². The van der Waals surface area contributed by atoms with Crippen LogP contribution in [0.1, 0.15) is 28.4 Å². The molecule has 0 aromatic heterocycles. The van der Waals surface area contributed by atoms with Gasteiger partial charge in [-0.3, -0.25) is 4.79 Å². The number of methoxy groups -OCH3 is 1. The summed E-state index contributed by atoms with van der Waals surface area (Å²) < 4.78 is 5.20. The van der Waals surface area contributed by atoms with E-state index in [0.29, 0.717) is 13.2 Å². The van der Waals surface area contributed by atoms with Crippen molar-refractivity contribution in [3.63, 3.8) is 0 Å². The van der Waals surface area contributed by atoms with E-state index < -0.39 is 0 Å². The summed E-state index contributed by atoms with van der Waals surface area (Å²) in [6, 6.07) is 4.13. The van der Waals surface area contributed by atoms with Crippen molar-refractivity contribution in [1.82, 2.24) is 10.2 Å². The summed E-state index contributed by atoms with van der Waals surface area (Å²) in [7, 11) is 1.69. The summed E-state index contributed by atoms with van der Waals surface area (Å²) in [6.45, 7) is 7.22. The molecule has 5 nitrogen and oxygen atoms in total. The Labute approximate surface area is 124 Å². The van der Waals surface area contributed by atoms with Crippen LogP contribution in [0.25, 0.3) is 0 Å². The van der Waals surface area contributed by atoms with Gasteiger partial charge in [-0.2, -0.15) is 0 Å². The fourth-order valence-corrected chi connectivity index (χ4v) is 4.14. The number of carbonyl (C=O) groups is 1. The van der Waals surface area contributed by atoms with Crippen LogP contribution in [0.2, 0.25) is 0 Å². The normalized spacial score (nSPS) is 26.3. The first-order chi connectivity index (χ1) is 10.2. The van der Waals surface area contributed by atoms with E-state index in [9.17, 15) is 4.79 Å². The largest absolute Gasteiger partial charge is 0.383 e. The molecular weight excluding hydrogens is 266 g/mol. The Hall–Kier alpha value is -1.59. The minimum Gasteiger partial charge on any atom is -0.383 e. The summed E-state index contributed by atoms with van der Waals surface area (Å²) in [6.07, 6.45) is 0. The van der Waals surface area contributed by atoms with Crippen LogP contribution in [0.15, 0.2) is 12.1 Å². The third-order valence-corrected chi connectivity index (χ3v) is 5.08. The first kappa shape index (κ1) is 13.1. The van der Waals surface area contributed by atoms with Gasteiger partial charge >= 0.3 is 0 Å². The summed E-state index contributed by atoms with van der Waals surface area (Å²) in [5.41, 5.74) is 4.54. The van der Waals surface area contributed by atoms with Crippen LogP contribution >= 0.6 is 0 Å². The Bertz CT molecular complexity index is 616. The molecule has 0 radical (unpaired) electrons. The molecule has 21 heavy (non-hydrogen) atoms. The Kier molecular flexibility index (Phi) is 2.78. The van der Waals surface area contributed by atoms with Gasteiger partial charge in [0.1, 0.15) is 0 Å². The molecule has 1 aromatic carbocycles. The van der Waals surface area contributed by atoms with Gasteiger partial charge in [0.2, 0.25) is 0 Å². The molecule has 1 N–H and O–H groups in total. The monoisotopic (exact) mass is 287 g/mol. The lowest BCUT2D eigenvalue weighted by Gasteiger charge is -2.34. The molecule has 0 bridgehead atoms. The molecule has 4 rings (SSSR count). The average molecular weight is 287 g/mol. The first-order valence-electron chi connectivity index (χ1n) is 7.60. The maximum atomic E-state index is 12.8. The number of carbonyl (C=O) groups excluding carboxylic acids is 1. The fourth-order valence-electron chi connectivity index (χ4n) is 4.14. The lowest BCUT2D eigenvalue weighted by molar-refractivity contribution is 0.0511. The van der Waals surface area contributed by atoms with Crippen molar-refractivity contribution in [2.75, 3.05) is 44.8 Å². The van der Waals surface area contributed by atoms with Crippen molar-refractivity contribution in [3.8, 4) is 0 Å². The van der Waals surface area contributed by atoms with Crippen LogP contribution in [0.3, 0.4) is 0 Å². The minimum absolute atomic E-state index is 0.157. The number of nitrogens with one attached hydrogen (secondary N) is 1. The quantitative estimate of drug-likeness (QED) is 0.898. The van der Waals surface area contributed by atoms with E-state index in [0.717, 1.165) is 31.7 Å². The van der Waals surface area contributed by atoms with E-state index in [1.165, 1.54) is 16.8 Å². The predicted molar refractivity (Wildman–Crippen MR) is 80.6 cm³/mol. The smallest absolute Gasteiger partial charge is 0.255 e. The van der Waals surface area contributed by atoms with Crippen molar-refractivity contribution in [1.29, 1.82) is 0 Å². The summed E-state index contributed by atoms with van der Waals surface area (Å²) >= 11 is 0. The Morgan fingerprint density at radius 3 is 3.10 bits per heavy atom. The van der Waals surface area contributed by atoms with E-state index in [4.69, 9.17) is 4.74 Å². The average Bonchev–Trinajstić information content (AvgIpc) is 2.77. The van der Waals surface area contributed by atoms with E-state index in [-0.39, 0.29) is 11.4 Å². The van der Waals surface area contributed by atoms with Crippen molar-refractivity contribution in [3.05, 3.63) is 28.8 Å². The second kappa shape index (κ2) is 4.45. The second-order valence-electron chi connectivity index (χ2n) is 6.32. The predicted octanol–water partition coefficient (Wildman–Crippen LogP) is 0.927. The van der Waals surface area contributed by atoms with Gasteiger partial charge < -0.3 is 19.9 Å². The molecule has 1 atom stereocenters. The van der Waals surface area contributed by atoms with Crippen molar-refractivity contribution in [2.24, 2.45) is 0 Å².